The number of hydrogen-bond donors (Lipinski definition) is 1. The Hall–Kier alpha value is -0.820. The molecule has 1 N–H and O–H groups in total. The molecule has 0 aromatic heterocycles. The van der Waals surface area contributed by atoms with Crippen LogP contribution in [0.1, 0.15) is 58.6 Å². The number of piperidine rings is 1. The third-order valence-corrected chi connectivity index (χ3v) is 4.85. The second kappa shape index (κ2) is 5.28. The van der Waals surface area contributed by atoms with Gasteiger partial charge in [0, 0.05) is 0 Å². The van der Waals surface area contributed by atoms with Gasteiger partial charge in [-0.05, 0) is 53.8 Å². The van der Waals surface area contributed by atoms with E-state index in [1.807, 2.05) is 0 Å². The molecule has 1 heteroatoms. The van der Waals surface area contributed by atoms with E-state index < -0.39 is 0 Å². The summed E-state index contributed by atoms with van der Waals surface area (Å²) >= 11 is 0. The Kier molecular flexibility index (Phi) is 4.06. The summed E-state index contributed by atoms with van der Waals surface area (Å²) in [7, 11) is 0. The lowest BCUT2D eigenvalue weighted by Crippen LogP contribution is -2.38. The molecular formula is C18H29N. The Morgan fingerprint density at radius 3 is 1.79 bits per heavy atom. The number of nitrogens with one attached hydrogen (secondary N) is 1. The standard InChI is InChI=1S/C18H29N/c1-17(2,3)14-6-8-15(9-7-14)18(4,5)16-10-12-19-13-11-16/h6-9,16,19H,10-13H2,1-5H3. The van der Waals surface area contributed by atoms with E-state index in [1.165, 1.54) is 37.1 Å². The fraction of sp³-hybridized carbons (Fsp3) is 0.667. The van der Waals surface area contributed by atoms with E-state index in [2.05, 4.69) is 64.2 Å². The highest BCUT2D eigenvalue weighted by atomic mass is 14.9. The Morgan fingerprint density at radius 1 is 0.842 bits per heavy atom. The van der Waals surface area contributed by atoms with Crippen LogP contribution >= 0.6 is 0 Å². The van der Waals surface area contributed by atoms with Gasteiger partial charge < -0.3 is 5.32 Å². The maximum Gasteiger partial charge on any atom is -0.00460 e. The van der Waals surface area contributed by atoms with Crippen molar-refractivity contribution in [1.82, 2.24) is 5.32 Å². The predicted octanol–water partition coefficient (Wildman–Crippen LogP) is 4.26. The maximum atomic E-state index is 3.47. The quantitative estimate of drug-likeness (QED) is 0.836. The van der Waals surface area contributed by atoms with E-state index in [0.29, 0.717) is 5.41 Å². The van der Waals surface area contributed by atoms with Crippen molar-refractivity contribution >= 4 is 0 Å². The maximum absolute atomic E-state index is 3.47. The van der Waals surface area contributed by atoms with Crippen LogP contribution in [-0.4, -0.2) is 13.1 Å². The summed E-state index contributed by atoms with van der Waals surface area (Å²) in [6.45, 7) is 14.0. The van der Waals surface area contributed by atoms with Gasteiger partial charge in [0.15, 0.2) is 0 Å². The highest BCUT2D eigenvalue weighted by Gasteiger charge is 2.32. The van der Waals surface area contributed by atoms with Gasteiger partial charge in [-0.1, -0.05) is 58.9 Å². The fourth-order valence-electron chi connectivity index (χ4n) is 3.18. The van der Waals surface area contributed by atoms with Crippen LogP contribution in [0.4, 0.5) is 0 Å². The lowest BCUT2D eigenvalue weighted by atomic mass is 9.69. The first kappa shape index (κ1) is 14.6. The average Bonchev–Trinajstić information content (AvgIpc) is 2.39. The molecule has 19 heavy (non-hydrogen) atoms. The minimum atomic E-state index is 0.247. The molecule has 1 aromatic carbocycles. The van der Waals surface area contributed by atoms with Crippen molar-refractivity contribution in [2.24, 2.45) is 5.92 Å². The van der Waals surface area contributed by atoms with Gasteiger partial charge in [-0.15, -0.1) is 0 Å². The number of benzene rings is 1. The summed E-state index contributed by atoms with van der Waals surface area (Å²) in [4.78, 5) is 0. The summed E-state index contributed by atoms with van der Waals surface area (Å²) in [5.41, 5.74) is 3.46. The first-order chi connectivity index (χ1) is 8.82. The predicted molar refractivity (Wildman–Crippen MR) is 83.8 cm³/mol. The molecule has 2 rings (SSSR count). The fourth-order valence-corrected chi connectivity index (χ4v) is 3.18. The van der Waals surface area contributed by atoms with Crippen molar-refractivity contribution in [2.45, 2.75) is 58.3 Å². The SMILES string of the molecule is CC(C)(C)c1ccc(C(C)(C)C2CCNCC2)cc1. The summed E-state index contributed by atoms with van der Waals surface area (Å²) in [6.07, 6.45) is 2.60. The highest BCUT2D eigenvalue weighted by molar-refractivity contribution is 5.32. The molecule has 1 fully saturated rings. The third-order valence-electron chi connectivity index (χ3n) is 4.85. The molecule has 0 amide bonds. The minimum absolute atomic E-state index is 0.247. The molecule has 0 spiro atoms. The molecule has 0 atom stereocenters. The van der Waals surface area contributed by atoms with E-state index in [4.69, 9.17) is 0 Å². The van der Waals surface area contributed by atoms with Crippen molar-refractivity contribution in [3.05, 3.63) is 35.4 Å². The molecule has 1 nitrogen and oxygen atoms in total. The van der Waals surface area contributed by atoms with Gasteiger partial charge in [0.05, 0.1) is 0 Å². The van der Waals surface area contributed by atoms with E-state index in [-0.39, 0.29) is 5.41 Å². The normalized spacial score (nSPS) is 18.6. The van der Waals surface area contributed by atoms with Gasteiger partial charge in [0.25, 0.3) is 0 Å². The Balaban J connectivity index is 2.20. The van der Waals surface area contributed by atoms with Crippen LogP contribution in [0.25, 0.3) is 0 Å². The number of rotatable bonds is 2. The van der Waals surface area contributed by atoms with Crippen molar-refractivity contribution < 1.29 is 0 Å². The van der Waals surface area contributed by atoms with E-state index in [9.17, 15) is 0 Å². The largest absolute Gasteiger partial charge is 0.317 e. The highest BCUT2D eigenvalue weighted by Crippen LogP contribution is 2.37. The molecule has 1 heterocycles. The molecule has 0 unspecified atom stereocenters. The Labute approximate surface area is 118 Å². The molecule has 0 bridgehead atoms. The second-order valence-electron chi connectivity index (χ2n) is 7.57. The van der Waals surface area contributed by atoms with E-state index in [0.717, 1.165) is 5.92 Å². The van der Waals surface area contributed by atoms with Crippen molar-refractivity contribution in [1.29, 1.82) is 0 Å². The van der Waals surface area contributed by atoms with Crippen LogP contribution in [0.2, 0.25) is 0 Å². The van der Waals surface area contributed by atoms with Crippen LogP contribution in [0, 0.1) is 5.92 Å². The van der Waals surface area contributed by atoms with Crippen LogP contribution in [-0.2, 0) is 10.8 Å². The molecule has 1 aliphatic rings. The molecule has 0 saturated carbocycles. The second-order valence-corrected chi connectivity index (χ2v) is 7.57. The molecule has 1 saturated heterocycles. The van der Waals surface area contributed by atoms with Gasteiger partial charge in [-0.3, -0.25) is 0 Å². The monoisotopic (exact) mass is 259 g/mol. The van der Waals surface area contributed by atoms with Gasteiger partial charge in [-0.25, -0.2) is 0 Å². The van der Waals surface area contributed by atoms with Crippen LogP contribution in [0.3, 0.4) is 0 Å². The number of hydrogen-bond acceptors (Lipinski definition) is 1. The van der Waals surface area contributed by atoms with Crippen molar-refractivity contribution in [3.8, 4) is 0 Å². The van der Waals surface area contributed by atoms with Gasteiger partial charge >= 0.3 is 0 Å². The molecular weight excluding hydrogens is 230 g/mol. The first-order valence-corrected chi connectivity index (χ1v) is 7.63. The zero-order valence-electron chi connectivity index (χ0n) is 13.2. The Bertz CT molecular complexity index is 402. The first-order valence-electron chi connectivity index (χ1n) is 7.63. The summed E-state index contributed by atoms with van der Waals surface area (Å²) in [6, 6.07) is 9.33. The van der Waals surface area contributed by atoms with Crippen molar-refractivity contribution in [2.75, 3.05) is 13.1 Å². The summed E-state index contributed by atoms with van der Waals surface area (Å²) in [5.74, 6) is 0.800. The smallest absolute Gasteiger partial charge is 0.00460 e. The topological polar surface area (TPSA) is 12.0 Å². The summed E-state index contributed by atoms with van der Waals surface area (Å²) in [5, 5.41) is 3.47. The molecule has 1 aliphatic heterocycles. The molecule has 1 aromatic rings. The van der Waals surface area contributed by atoms with Crippen LogP contribution in [0.15, 0.2) is 24.3 Å². The zero-order valence-corrected chi connectivity index (χ0v) is 13.2. The lowest BCUT2D eigenvalue weighted by Gasteiger charge is -2.38. The van der Waals surface area contributed by atoms with Gasteiger partial charge in [0.1, 0.15) is 0 Å². The summed E-state index contributed by atoms with van der Waals surface area (Å²) < 4.78 is 0. The Morgan fingerprint density at radius 2 is 1.32 bits per heavy atom. The van der Waals surface area contributed by atoms with Crippen molar-refractivity contribution in [3.63, 3.8) is 0 Å². The zero-order chi connectivity index (χ0) is 14.1. The minimum Gasteiger partial charge on any atom is -0.317 e. The average molecular weight is 259 g/mol. The van der Waals surface area contributed by atoms with Crippen LogP contribution in [0.5, 0.6) is 0 Å². The van der Waals surface area contributed by atoms with Crippen LogP contribution < -0.4 is 5.32 Å². The van der Waals surface area contributed by atoms with E-state index >= 15 is 0 Å². The van der Waals surface area contributed by atoms with Gasteiger partial charge in [-0.2, -0.15) is 0 Å². The van der Waals surface area contributed by atoms with E-state index in [1.54, 1.807) is 0 Å². The molecule has 0 aliphatic carbocycles. The lowest BCUT2D eigenvalue weighted by molar-refractivity contribution is 0.247. The van der Waals surface area contributed by atoms with Gasteiger partial charge in [0.2, 0.25) is 0 Å². The third kappa shape index (κ3) is 3.20. The molecule has 106 valence electrons. The molecule has 0 radical (unpaired) electrons.